The highest BCUT2D eigenvalue weighted by molar-refractivity contribution is 7.26. The molecule has 1 nitrogen and oxygen atoms in total. The van der Waals surface area contributed by atoms with E-state index in [1.807, 2.05) is 18.3 Å². The molecular formula is C17H18OS. The normalized spacial score (nSPS) is 11.4. The van der Waals surface area contributed by atoms with Crippen LogP contribution in [0, 0.1) is 20.8 Å². The maximum atomic E-state index is 5.70. The Labute approximate surface area is 117 Å². The van der Waals surface area contributed by atoms with Gasteiger partial charge in [0.25, 0.3) is 0 Å². The van der Waals surface area contributed by atoms with E-state index in [1.54, 1.807) is 0 Å². The van der Waals surface area contributed by atoms with Crippen LogP contribution >= 0.6 is 11.3 Å². The van der Waals surface area contributed by atoms with Crippen LogP contribution in [0.15, 0.2) is 24.3 Å². The van der Waals surface area contributed by atoms with Gasteiger partial charge in [-0.05, 0) is 51.0 Å². The molecule has 0 saturated carbocycles. The Balaban J connectivity index is 2.39. The number of ether oxygens (including phenoxy) is 1. The van der Waals surface area contributed by atoms with Crippen LogP contribution in [0.2, 0.25) is 0 Å². The maximum Gasteiger partial charge on any atom is 0.123 e. The number of thiophene rings is 1. The van der Waals surface area contributed by atoms with Gasteiger partial charge >= 0.3 is 0 Å². The van der Waals surface area contributed by atoms with Gasteiger partial charge in [0.05, 0.1) is 6.61 Å². The van der Waals surface area contributed by atoms with E-state index in [0.717, 1.165) is 12.4 Å². The molecule has 0 N–H and O–H groups in total. The van der Waals surface area contributed by atoms with Gasteiger partial charge < -0.3 is 4.74 Å². The van der Waals surface area contributed by atoms with Gasteiger partial charge in [-0.1, -0.05) is 12.1 Å². The van der Waals surface area contributed by atoms with Crippen molar-refractivity contribution in [3.05, 3.63) is 41.0 Å². The Kier molecular flexibility index (Phi) is 2.98. The predicted molar refractivity (Wildman–Crippen MR) is 84.7 cm³/mol. The summed E-state index contributed by atoms with van der Waals surface area (Å²) in [6.07, 6.45) is 0. The lowest BCUT2D eigenvalue weighted by Gasteiger charge is -2.07. The first-order chi connectivity index (χ1) is 9.13. The third-order valence-electron chi connectivity index (χ3n) is 3.83. The molecule has 3 aromatic rings. The summed E-state index contributed by atoms with van der Waals surface area (Å²) in [5.74, 6) is 1.01. The van der Waals surface area contributed by atoms with Crippen molar-refractivity contribution in [2.75, 3.05) is 6.61 Å². The summed E-state index contributed by atoms with van der Waals surface area (Å²) in [5, 5.41) is 2.72. The van der Waals surface area contributed by atoms with Gasteiger partial charge in [-0.3, -0.25) is 0 Å². The molecule has 0 unspecified atom stereocenters. The Hall–Kier alpha value is -1.54. The smallest absolute Gasteiger partial charge is 0.123 e. The lowest BCUT2D eigenvalue weighted by atomic mass is 10.0. The minimum Gasteiger partial charge on any atom is -0.494 e. The second kappa shape index (κ2) is 4.53. The van der Waals surface area contributed by atoms with Gasteiger partial charge in [-0.2, -0.15) is 0 Å². The summed E-state index contributed by atoms with van der Waals surface area (Å²) in [6.45, 7) is 9.30. The summed E-state index contributed by atoms with van der Waals surface area (Å²) >= 11 is 1.89. The highest BCUT2D eigenvalue weighted by atomic mass is 32.1. The maximum absolute atomic E-state index is 5.70. The lowest BCUT2D eigenvalue weighted by Crippen LogP contribution is -1.93. The topological polar surface area (TPSA) is 9.23 Å². The molecule has 0 atom stereocenters. The number of aryl methyl sites for hydroxylation is 3. The molecule has 0 radical (unpaired) electrons. The first-order valence-corrected chi connectivity index (χ1v) is 7.50. The van der Waals surface area contributed by atoms with Crippen molar-refractivity contribution in [1.82, 2.24) is 0 Å². The van der Waals surface area contributed by atoms with E-state index in [2.05, 4.69) is 45.0 Å². The first kappa shape index (κ1) is 12.5. The number of fused-ring (bicyclic) bond motifs is 3. The molecule has 19 heavy (non-hydrogen) atoms. The van der Waals surface area contributed by atoms with Crippen LogP contribution in [0.1, 0.15) is 23.6 Å². The van der Waals surface area contributed by atoms with Crippen molar-refractivity contribution in [3.63, 3.8) is 0 Å². The third-order valence-corrected chi connectivity index (χ3v) is 5.29. The van der Waals surface area contributed by atoms with Gasteiger partial charge in [0.15, 0.2) is 0 Å². The van der Waals surface area contributed by atoms with Gasteiger partial charge in [-0.25, -0.2) is 0 Å². The Morgan fingerprint density at radius 3 is 2.21 bits per heavy atom. The van der Waals surface area contributed by atoms with E-state index in [9.17, 15) is 0 Å². The van der Waals surface area contributed by atoms with Crippen molar-refractivity contribution < 1.29 is 4.74 Å². The summed E-state index contributed by atoms with van der Waals surface area (Å²) in [4.78, 5) is 0. The van der Waals surface area contributed by atoms with E-state index in [0.29, 0.717) is 0 Å². The number of rotatable bonds is 2. The third kappa shape index (κ3) is 1.82. The van der Waals surface area contributed by atoms with Crippen molar-refractivity contribution in [1.29, 1.82) is 0 Å². The Bertz CT molecular complexity index is 768. The molecule has 0 aliphatic carbocycles. The Morgan fingerprint density at radius 1 is 0.895 bits per heavy atom. The Morgan fingerprint density at radius 2 is 1.53 bits per heavy atom. The monoisotopic (exact) mass is 270 g/mol. The summed E-state index contributed by atoms with van der Waals surface area (Å²) in [7, 11) is 0. The van der Waals surface area contributed by atoms with E-state index in [1.165, 1.54) is 36.9 Å². The van der Waals surface area contributed by atoms with Gasteiger partial charge in [0.2, 0.25) is 0 Å². The zero-order chi connectivity index (χ0) is 13.6. The fraction of sp³-hybridized carbons (Fsp3) is 0.294. The van der Waals surface area contributed by atoms with E-state index >= 15 is 0 Å². The van der Waals surface area contributed by atoms with Gasteiger partial charge in [0.1, 0.15) is 5.75 Å². The lowest BCUT2D eigenvalue weighted by molar-refractivity contribution is 0.338. The molecule has 2 heteroatoms. The van der Waals surface area contributed by atoms with Crippen LogP contribution in [0.5, 0.6) is 5.75 Å². The summed E-state index contributed by atoms with van der Waals surface area (Å²) in [6, 6.07) is 8.76. The zero-order valence-corrected chi connectivity index (χ0v) is 12.6. The SMILES string of the molecule is CCOc1ccc2c(sc3c(C)c(C)ccc32)c1C. The molecule has 0 spiro atoms. The van der Waals surface area contributed by atoms with Crippen LogP contribution in [0.3, 0.4) is 0 Å². The molecule has 3 rings (SSSR count). The summed E-state index contributed by atoms with van der Waals surface area (Å²) in [5.41, 5.74) is 4.02. The fourth-order valence-electron chi connectivity index (χ4n) is 2.56. The second-order valence-corrected chi connectivity index (χ2v) is 6.01. The van der Waals surface area contributed by atoms with E-state index in [4.69, 9.17) is 4.74 Å². The molecule has 0 amide bonds. The van der Waals surface area contributed by atoms with Crippen LogP contribution in [-0.4, -0.2) is 6.61 Å². The van der Waals surface area contributed by atoms with Gasteiger partial charge in [-0.15, -0.1) is 11.3 Å². The van der Waals surface area contributed by atoms with E-state index < -0.39 is 0 Å². The molecule has 0 aliphatic heterocycles. The molecular weight excluding hydrogens is 252 g/mol. The van der Waals surface area contributed by atoms with Crippen LogP contribution in [-0.2, 0) is 0 Å². The first-order valence-electron chi connectivity index (χ1n) is 6.68. The van der Waals surface area contributed by atoms with Gasteiger partial charge in [0, 0.05) is 25.7 Å². The molecule has 1 heterocycles. The van der Waals surface area contributed by atoms with Crippen LogP contribution < -0.4 is 4.74 Å². The van der Waals surface area contributed by atoms with Crippen molar-refractivity contribution in [2.45, 2.75) is 27.7 Å². The predicted octanol–water partition coefficient (Wildman–Crippen LogP) is 5.38. The number of hydrogen-bond donors (Lipinski definition) is 0. The summed E-state index contributed by atoms with van der Waals surface area (Å²) < 4.78 is 8.47. The molecule has 0 bridgehead atoms. The molecule has 0 fully saturated rings. The second-order valence-electron chi connectivity index (χ2n) is 4.98. The number of benzene rings is 2. The molecule has 0 saturated heterocycles. The molecule has 0 aliphatic rings. The van der Waals surface area contributed by atoms with E-state index in [-0.39, 0.29) is 0 Å². The zero-order valence-electron chi connectivity index (χ0n) is 11.8. The van der Waals surface area contributed by atoms with Crippen molar-refractivity contribution >= 4 is 31.5 Å². The molecule has 1 aromatic heterocycles. The van der Waals surface area contributed by atoms with Crippen LogP contribution in [0.25, 0.3) is 20.2 Å². The quantitative estimate of drug-likeness (QED) is 0.607. The molecule has 2 aromatic carbocycles. The minimum absolute atomic E-state index is 0.718. The highest BCUT2D eigenvalue weighted by Gasteiger charge is 2.12. The highest BCUT2D eigenvalue weighted by Crippen LogP contribution is 2.40. The average Bonchev–Trinajstić information content (AvgIpc) is 2.78. The standard InChI is InChI=1S/C17H18OS/c1-5-18-15-9-8-14-13-7-6-10(2)11(3)16(13)19-17(14)12(15)4/h6-9H,5H2,1-4H3. The van der Waals surface area contributed by atoms with Crippen molar-refractivity contribution in [2.24, 2.45) is 0 Å². The largest absolute Gasteiger partial charge is 0.494 e. The average molecular weight is 270 g/mol. The fourth-order valence-corrected chi connectivity index (χ4v) is 3.91. The van der Waals surface area contributed by atoms with Crippen LogP contribution in [0.4, 0.5) is 0 Å². The minimum atomic E-state index is 0.718. The molecule has 98 valence electrons. The number of hydrogen-bond acceptors (Lipinski definition) is 2. The van der Waals surface area contributed by atoms with Crippen molar-refractivity contribution in [3.8, 4) is 5.75 Å².